The van der Waals surface area contributed by atoms with Gasteiger partial charge in [0.05, 0.1) is 13.1 Å². The van der Waals surface area contributed by atoms with Gasteiger partial charge in [-0.25, -0.2) is 9.38 Å². The molecule has 1 heterocycles. The van der Waals surface area contributed by atoms with Crippen molar-refractivity contribution < 1.29 is 9.50 Å². The molecule has 0 bridgehead atoms. The summed E-state index contributed by atoms with van der Waals surface area (Å²) in [5.41, 5.74) is 2.21. The van der Waals surface area contributed by atoms with E-state index in [-0.39, 0.29) is 18.1 Å². The summed E-state index contributed by atoms with van der Waals surface area (Å²) in [5, 5.41) is 18.1. The number of nitrogens with zero attached hydrogens (tertiary/aromatic N) is 1. The van der Waals surface area contributed by atoms with Crippen LogP contribution in [0.25, 0.3) is 0 Å². The summed E-state index contributed by atoms with van der Waals surface area (Å²) in [4.78, 5) is 5.70. The zero-order valence-corrected chi connectivity index (χ0v) is 17.1. The Kier molecular flexibility index (Phi) is 6.47. The first kappa shape index (κ1) is 19.4. The lowest BCUT2D eigenvalue weighted by molar-refractivity contribution is 0.475. The van der Waals surface area contributed by atoms with E-state index in [4.69, 9.17) is 0 Å². The smallest absolute Gasteiger partial charge is 0.196 e. The quantitative estimate of drug-likeness (QED) is 0.278. The maximum absolute atomic E-state index is 14.0. The minimum Gasteiger partial charge on any atom is -0.508 e. The summed E-state index contributed by atoms with van der Waals surface area (Å²) >= 11 is 5.01. The van der Waals surface area contributed by atoms with E-state index in [0.29, 0.717) is 18.1 Å². The Bertz CT molecular complexity index is 944. The molecule has 3 N–H and O–H groups in total. The van der Waals surface area contributed by atoms with Crippen molar-refractivity contribution in [3.63, 3.8) is 0 Å². The molecule has 0 saturated heterocycles. The van der Waals surface area contributed by atoms with E-state index < -0.39 is 0 Å². The Morgan fingerprint density at radius 3 is 2.81 bits per heavy atom. The molecule has 0 amide bonds. The molecule has 0 spiro atoms. The van der Waals surface area contributed by atoms with Crippen LogP contribution in [0.4, 0.5) is 10.1 Å². The van der Waals surface area contributed by atoms with Gasteiger partial charge in [0, 0.05) is 20.6 Å². The lowest BCUT2D eigenvalue weighted by Crippen LogP contribution is -2.30. The number of guanidine groups is 1. The van der Waals surface area contributed by atoms with Crippen molar-refractivity contribution in [2.45, 2.75) is 20.0 Å². The molecule has 1 aromatic heterocycles. The second kappa shape index (κ2) is 9.01. The van der Waals surface area contributed by atoms with Crippen LogP contribution in [0, 0.1) is 12.7 Å². The van der Waals surface area contributed by atoms with Crippen LogP contribution in [-0.4, -0.2) is 11.1 Å². The number of hydrogen-bond donors (Lipinski definition) is 3. The molecular formula is C20H19BrFN3OS. The van der Waals surface area contributed by atoms with E-state index in [1.54, 1.807) is 41.7 Å². The lowest BCUT2D eigenvalue weighted by atomic mass is 10.2. The van der Waals surface area contributed by atoms with Crippen LogP contribution in [0.3, 0.4) is 0 Å². The van der Waals surface area contributed by atoms with Gasteiger partial charge in [-0.3, -0.25) is 0 Å². The number of aliphatic imine (C=N–C) groups is 1. The van der Waals surface area contributed by atoms with E-state index in [0.717, 1.165) is 15.7 Å². The largest absolute Gasteiger partial charge is 0.508 e. The second-order valence-electron chi connectivity index (χ2n) is 5.96. The molecule has 3 rings (SSSR count). The summed E-state index contributed by atoms with van der Waals surface area (Å²) in [7, 11) is 0. The fraction of sp³-hybridized carbons (Fsp3) is 0.150. The highest BCUT2D eigenvalue weighted by Crippen LogP contribution is 2.21. The summed E-state index contributed by atoms with van der Waals surface area (Å²) in [5.74, 6) is 0.455. The minimum atomic E-state index is -0.291. The number of phenolic OH excluding ortho intramolecular Hbond substituents is 1. The number of hydrogen-bond acceptors (Lipinski definition) is 3. The highest BCUT2D eigenvalue weighted by atomic mass is 79.9. The summed E-state index contributed by atoms with van der Waals surface area (Å²) in [6, 6.07) is 13.9. The predicted octanol–water partition coefficient (Wildman–Crippen LogP) is 5.42. The molecule has 2 aromatic carbocycles. The molecule has 0 unspecified atom stereocenters. The van der Waals surface area contributed by atoms with Crippen molar-refractivity contribution in [2.75, 3.05) is 5.32 Å². The molecule has 0 aliphatic heterocycles. The summed E-state index contributed by atoms with van der Waals surface area (Å²) in [6.07, 6.45) is 0. The van der Waals surface area contributed by atoms with Crippen molar-refractivity contribution in [1.82, 2.24) is 5.32 Å². The van der Waals surface area contributed by atoms with E-state index in [1.807, 2.05) is 24.4 Å². The average molecular weight is 448 g/mol. The Labute approximate surface area is 169 Å². The van der Waals surface area contributed by atoms with Gasteiger partial charge in [0.1, 0.15) is 11.6 Å². The van der Waals surface area contributed by atoms with E-state index in [1.165, 1.54) is 10.9 Å². The number of aryl methyl sites for hydroxylation is 1. The Morgan fingerprint density at radius 1 is 1.22 bits per heavy atom. The number of anilines is 1. The molecule has 27 heavy (non-hydrogen) atoms. The first-order valence-corrected chi connectivity index (χ1v) is 10.00. The fourth-order valence-corrected chi connectivity index (χ4v) is 3.52. The zero-order chi connectivity index (χ0) is 19.2. The van der Waals surface area contributed by atoms with Crippen molar-refractivity contribution in [1.29, 1.82) is 0 Å². The maximum Gasteiger partial charge on any atom is 0.196 e. The number of nitrogens with one attached hydrogen (secondary N) is 2. The average Bonchev–Trinajstić information content (AvgIpc) is 3.15. The van der Waals surface area contributed by atoms with Gasteiger partial charge in [0.15, 0.2) is 5.96 Å². The minimum absolute atomic E-state index is 0.197. The van der Waals surface area contributed by atoms with Crippen LogP contribution in [0.2, 0.25) is 0 Å². The SMILES string of the molecule is Cc1cc(O)ccc1NC(=NCc1cc(Br)ccc1F)NCc1cccs1. The number of phenols is 1. The monoisotopic (exact) mass is 447 g/mol. The highest BCUT2D eigenvalue weighted by molar-refractivity contribution is 9.10. The second-order valence-corrected chi connectivity index (χ2v) is 7.91. The van der Waals surface area contributed by atoms with E-state index in [9.17, 15) is 9.50 Å². The summed E-state index contributed by atoms with van der Waals surface area (Å²) < 4.78 is 14.8. The number of halogens is 2. The Balaban J connectivity index is 1.80. The first-order valence-electron chi connectivity index (χ1n) is 8.32. The topological polar surface area (TPSA) is 56.6 Å². The third kappa shape index (κ3) is 5.55. The van der Waals surface area contributed by atoms with Crippen molar-refractivity contribution in [2.24, 2.45) is 4.99 Å². The van der Waals surface area contributed by atoms with E-state index >= 15 is 0 Å². The normalized spacial score (nSPS) is 11.4. The number of thiophene rings is 1. The van der Waals surface area contributed by atoms with Gasteiger partial charge < -0.3 is 15.7 Å². The van der Waals surface area contributed by atoms with Gasteiger partial charge in [0.2, 0.25) is 0 Å². The van der Waals surface area contributed by atoms with Crippen molar-refractivity contribution in [3.8, 4) is 5.75 Å². The van der Waals surface area contributed by atoms with Crippen LogP contribution >= 0.6 is 27.3 Å². The van der Waals surface area contributed by atoms with E-state index in [2.05, 4.69) is 31.6 Å². The van der Waals surface area contributed by atoms with Gasteiger partial charge in [-0.05, 0) is 60.3 Å². The molecule has 0 aliphatic carbocycles. The molecular weight excluding hydrogens is 429 g/mol. The first-order chi connectivity index (χ1) is 13.0. The third-order valence-corrected chi connectivity index (χ3v) is 5.26. The van der Waals surface area contributed by atoms with Crippen LogP contribution in [0.5, 0.6) is 5.75 Å². The highest BCUT2D eigenvalue weighted by Gasteiger charge is 2.07. The fourth-order valence-electron chi connectivity index (χ4n) is 2.47. The van der Waals surface area contributed by atoms with Crippen LogP contribution < -0.4 is 10.6 Å². The third-order valence-electron chi connectivity index (χ3n) is 3.89. The molecule has 0 aliphatic rings. The molecule has 7 heteroatoms. The number of benzene rings is 2. The predicted molar refractivity (Wildman–Crippen MR) is 113 cm³/mol. The molecule has 3 aromatic rings. The Hall–Kier alpha value is -2.38. The van der Waals surface area contributed by atoms with Crippen molar-refractivity contribution >= 4 is 38.9 Å². The van der Waals surface area contributed by atoms with Gasteiger partial charge in [-0.2, -0.15) is 0 Å². The van der Waals surface area contributed by atoms with Gasteiger partial charge in [-0.15, -0.1) is 11.3 Å². The molecule has 140 valence electrons. The number of aromatic hydroxyl groups is 1. The van der Waals surface area contributed by atoms with Crippen LogP contribution in [0.15, 0.2) is 63.4 Å². The lowest BCUT2D eigenvalue weighted by Gasteiger charge is -2.14. The molecule has 0 atom stereocenters. The van der Waals surface area contributed by atoms with Crippen molar-refractivity contribution in [3.05, 3.63) is 80.2 Å². The molecule has 0 radical (unpaired) electrons. The summed E-state index contributed by atoms with van der Waals surface area (Å²) in [6.45, 7) is 2.71. The van der Waals surface area contributed by atoms with Gasteiger partial charge >= 0.3 is 0 Å². The molecule has 0 fully saturated rings. The Morgan fingerprint density at radius 2 is 2.07 bits per heavy atom. The standard InChI is InChI=1S/C20H19BrFN3OS/c1-13-9-16(26)5-7-19(13)25-20(24-12-17-3-2-8-27-17)23-11-14-10-15(21)4-6-18(14)22/h2-10,26H,11-12H2,1H3,(H2,23,24,25). The van der Waals surface area contributed by atoms with Gasteiger partial charge in [-0.1, -0.05) is 22.0 Å². The van der Waals surface area contributed by atoms with Crippen LogP contribution in [-0.2, 0) is 13.1 Å². The van der Waals surface area contributed by atoms with Crippen LogP contribution in [0.1, 0.15) is 16.0 Å². The number of rotatable bonds is 5. The maximum atomic E-state index is 14.0. The van der Waals surface area contributed by atoms with Gasteiger partial charge in [0.25, 0.3) is 0 Å². The molecule has 0 saturated carbocycles. The zero-order valence-electron chi connectivity index (χ0n) is 14.7. The molecule has 4 nitrogen and oxygen atoms in total.